The van der Waals surface area contributed by atoms with E-state index in [1.165, 1.54) is 6.42 Å². The maximum Gasteiger partial charge on any atom is 0.213 e. The van der Waals surface area contributed by atoms with Crippen LogP contribution >= 0.6 is 0 Å². The van der Waals surface area contributed by atoms with Gasteiger partial charge in [0.05, 0.1) is 18.8 Å². The van der Waals surface area contributed by atoms with Crippen LogP contribution in [0.15, 0.2) is 18.2 Å². The van der Waals surface area contributed by atoms with Crippen molar-refractivity contribution < 1.29 is 4.74 Å². The van der Waals surface area contributed by atoms with E-state index in [-0.39, 0.29) is 0 Å². The number of rotatable bonds is 4. The molecule has 0 aliphatic carbocycles. The Hall–Kier alpha value is -1.13. The van der Waals surface area contributed by atoms with Crippen molar-refractivity contribution in [2.24, 2.45) is 5.92 Å². The molecule has 2 rings (SSSR count). The van der Waals surface area contributed by atoms with E-state index in [2.05, 4.69) is 28.3 Å². The average Bonchev–Trinajstić information content (AvgIpc) is 2.71. The van der Waals surface area contributed by atoms with E-state index in [1.807, 2.05) is 19.2 Å². The summed E-state index contributed by atoms with van der Waals surface area (Å²) in [6.45, 7) is 2.17. The predicted octanol–water partition coefficient (Wildman–Crippen LogP) is 1.30. The van der Waals surface area contributed by atoms with Gasteiger partial charge in [0.25, 0.3) is 0 Å². The molecule has 0 bridgehead atoms. The molecule has 0 saturated carbocycles. The average molecular weight is 235 g/mol. The molecule has 94 valence electrons. The van der Waals surface area contributed by atoms with Crippen LogP contribution in [0.4, 0.5) is 0 Å². The van der Waals surface area contributed by atoms with Crippen LogP contribution < -0.4 is 10.1 Å². The fourth-order valence-corrected chi connectivity index (χ4v) is 2.68. The van der Waals surface area contributed by atoms with Crippen LogP contribution in [-0.4, -0.2) is 44.2 Å². The molecule has 17 heavy (non-hydrogen) atoms. The number of nitrogens with zero attached hydrogens (tertiary/aromatic N) is 2. The Kier molecular flexibility index (Phi) is 3.97. The third-order valence-corrected chi connectivity index (χ3v) is 3.50. The highest BCUT2D eigenvalue weighted by atomic mass is 16.5. The standard InChI is InChI=1S/C13H21N3O/c1-14-9-10-7-8-16(2)13(10)11-5-4-6-12(15-11)17-3/h4-6,10,13-14H,7-9H2,1-3H3. The first-order chi connectivity index (χ1) is 8.26. The first-order valence-electron chi connectivity index (χ1n) is 6.12. The minimum atomic E-state index is 0.401. The highest BCUT2D eigenvalue weighted by molar-refractivity contribution is 5.20. The highest BCUT2D eigenvalue weighted by Gasteiger charge is 2.33. The molecule has 1 fully saturated rings. The molecule has 2 heterocycles. The van der Waals surface area contributed by atoms with Gasteiger partial charge in [-0.25, -0.2) is 4.98 Å². The van der Waals surface area contributed by atoms with Crippen molar-refractivity contribution in [1.29, 1.82) is 0 Å². The lowest BCUT2D eigenvalue weighted by molar-refractivity contribution is 0.266. The van der Waals surface area contributed by atoms with Gasteiger partial charge >= 0.3 is 0 Å². The van der Waals surface area contributed by atoms with Gasteiger partial charge in [-0.1, -0.05) is 6.07 Å². The minimum absolute atomic E-state index is 0.401. The van der Waals surface area contributed by atoms with E-state index in [0.29, 0.717) is 17.8 Å². The Morgan fingerprint density at radius 3 is 3.06 bits per heavy atom. The fourth-order valence-electron chi connectivity index (χ4n) is 2.68. The fraction of sp³-hybridized carbons (Fsp3) is 0.615. The van der Waals surface area contributed by atoms with Crippen LogP contribution in [0.1, 0.15) is 18.2 Å². The Labute approximate surface area is 103 Å². The van der Waals surface area contributed by atoms with Gasteiger partial charge in [-0.3, -0.25) is 4.90 Å². The smallest absolute Gasteiger partial charge is 0.213 e. The molecule has 2 unspecified atom stereocenters. The zero-order chi connectivity index (χ0) is 12.3. The van der Waals surface area contributed by atoms with Crippen LogP contribution in [0.25, 0.3) is 0 Å². The Morgan fingerprint density at radius 1 is 1.53 bits per heavy atom. The SMILES string of the molecule is CNCC1CCN(C)C1c1cccc(OC)n1. The molecular formula is C13H21N3O. The van der Waals surface area contributed by atoms with Crippen LogP contribution in [0, 0.1) is 5.92 Å². The lowest BCUT2D eigenvalue weighted by atomic mass is 9.97. The monoisotopic (exact) mass is 235 g/mol. The number of aromatic nitrogens is 1. The third kappa shape index (κ3) is 2.58. The normalized spacial score (nSPS) is 25.1. The maximum atomic E-state index is 5.20. The van der Waals surface area contributed by atoms with E-state index in [9.17, 15) is 0 Å². The van der Waals surface area contributed by atoms with Crippen molar-refractivity contribution >= 4 is 0 Å². The molecule has 1 aliphatic heterocycles. The van der Waals surface area contributed by atoms with Crippen molar-refractivity contribution in [2.75, 3.05) is 34.3 Å². The van der Waals surface area contributed by atoms with Crippen molar-refractivity contribution in [3.05, 3.63) is 23.9 Å². The summed E-state index contributed by atoms with van der Waals surface area (Å²) in [5, 5.41) is 3.27. The third-order valence-electron chi connectivity index (χ3n) is 3.50. The molecular weight excluding hydrogens is 214 g/mol. The van der Waals surface area contributed by atoms with Gasteiger partial charge in [0.2, 0.25) is 5.88 Å². The largest absolute Gasteiger partial charge is 0.481 e. The summed E-state index contributed by atoms with van der Waals surface area (Å²) in [6.07, 6.45) is 1.22. The quantitative estimate of drug-likeness (QED) is 0.853. The highest BCUT2D eigenvalue weighted by Crippen LogP contribution is 2.35. The van der Waals surface area contributed by atoms with E-state index in [0.717, 1.165) is 18.8 Å². The first-order valence-corrected chi connectivity index (χ1v) is 6.12. The number of pyridine rings is 1. The molecule has 0 spiro atoms. The summed E-state index contributed by atoms with van der Waals surface area (Å²) in [7, 11) is 5.84. The summed E-state index contributed by atoms with van der Waals surface area (Å²) < 4.78 is 5.20. The summed E-state index contributed by atoms with van der Waals surface area (Å²) in [5.41, 5.74) is 1.12. The predicted molar refractivity (Wildman–Crippen MR) is 68.2 cm³/mol. The van der Waals surface area contributed by atoms with Crippen LogP contribution in [-0.2, 0) is 0 Å². The molecule has 0 amide bonds. The zero-order valence-corrected chi connectivity index (χ0v) is 10.8. The van der Waals surface area contributed by atoms with Gasteiger partial charge in [0, 0.05) is 6.07 Å². The Balaban J connectivity index is 2.22. The van der Waals surface area contributed by atoms with Crippen LogP contribution in [0.3, 0.4) is 0 Å². The molecule has 0 aromatic carbocycles. The van der Waals surface area contributed by atoms with Gasteiger partial charge < -0.3 is 10.1 Å². The number of hydrogen-bond acceptors (Lipinski definition) is 4. The van der Waals surface area contributed by atoms with Crippen LogP contribution in [0.5, 0.6) is 5.88 Å². The van der Waals surface area contributed by atoms with E-state index < -0.39 is 0 Å². The Morgan fingerprint density at radius 2 is 2.35 bits per heavy atom. The van der Waals surface area contributed by atoms with Gasteiger partial charge in [0.1, 0.15) is 0 Å². The van der Waals surface area contributed by atoms with E-state index in [1.54, 1.807) is 7.11 Å². The molecule has 0 radical (unpaired) electrons. The lowest BCUT2D eigenvalue weighted by Crippen LogP contribution is -2.27. The molecule has 2 atom stereocenters. The number of likely N-dealkylation sites (tertiary alicyclic amines) is 1. The molecule has 1 saturated heterocycles. The number of hydrogen-bond donors (Lipinski definition) is 1. The molecule has 4 nitrogen and oxygen atoms in total. The van der Waals surface area contributed by atoms with Gasteiger partial charge in [-0.15, -0.1) is 0 Å². The van der Waals surface area contributed by atoms with E-state index in [4.69, 9.17) is 4.74 Å². The van der Waals surface area contributed by atoms with Gasteiger partial charge in [0.15, 0.2) is 0 Å². The van der Waals surface area contributed by atoms with Crippen molar-refractivity contribution in [1.82, 2.24) is 15.2 Å². The second-order valence-electron chi connectivity index (χ2n) is 4.64. The first kappa shape index (κ1) is 12.3. The number of methoxy groups -OCH3 is 1. The van der Waals surface area contributed by atoms with Crippen molar-refractivity contribution in [2.45, 2.75) is 12.5 Å². The van der Waals surface area contributed by atoms with Gasteiger partial charge in [-0.2, -0.15) is 0 Å². The van der Waals surface area contributed by atoms with Crippen molar-refractivity contribution in [3.63, 3.8) is 0 Å². The molecule has 1 aromatic heterocycles. The van der Waals surface area contributed by atoms with Crippen LogP contribution in [0.2, 0.25) is 0 Å². The lowest BCUT2D eigenvalue weighted by Gasteiger charge is -2.24. The van der Waals surface area contributed by atoms with Gasteiger partial charge in [-0.05, 0) is 45.6 Å². The van der Waals surface area contributed by atoms with Crippen molar-refractivity contribution in [3.8, 4) is 5.88 Å². The summed E-state index contributed by atoms with van der Waals surface area (Å²) in [5.74, 6) is 1.33. The second kappa shape index (κ2) is 5.47. The topological polar surface area (TPSA) is 37.4 Å². The maximum absolute atomic E-state index is 5.20. The second-order valence-corrected chi connectivity index (χ2v) is 4.64. The Bertz CT molecular complexity index is 367. The molecule has 1 aromatic rings. The zero-order valence-electron chi connectivity index (χ0n) is 10.8. The summed E-state index contributed by atoms with van der Waals surface area (Å²) >= 11 is 0. The number of nitrogens with one attached hydrogen (secondary N) is 1. The molecule has 4 heteroatoms. The molecule has 1 N–H and O–H groups in total. The summed E-state index contributed by atoms with van der Waals surface area (Å²) in [4.78, 5) is 6.94. The van der Waals surface area contributed by atoms with E-state index >= 15 is 0 Å². The molecule has 1 aliphatic rings. The number of ether oxygens (including phenoxy) is 1. The summed E-state index contributed by atoms with van der Waals surface area (Å²) in [6, 6.07) is 6.41. The minimum Gasteiger partial charge on any atom is -0.481 e.